The number of fused-ring (bicyclic) bond motifs is 2. The van der Waals surface area contributed by atoms with Crippen LogP contribution in [0.1, 0.15) is 48.2 Å². The van der Waals surface area contributed by atoms with Crippen molar-refractivity contribution in [2.24, 2.45) is 0 Å². The van der Waals surface area contributed by atoms with E-state index in [1.165, 1.54) is 33.4 Å². The number of rotatable bonds is 4. The number of H-pyrrole nitrogens is 1. The van der Waals surface area contributed by atoms with Crippen molar-refractivity contribution >= 4 is 27.2 Å². The van der Waals surface area contributed by atoms with Gasteiger partial charge in [-0.15, -0.1) is 11.3 Å². The molecule has 1 aliphatic heterocycles. The third-order valence-electron chi connectivity index (χ3n) is 6.26. The molecule has 0 bridgehead atoms. The minimum Gasteiger partial charge on any atom is -0.361 e. The number of aryl methyl sites for hydroxylation is 2. The predicted molar refractivity (Wildman–Crippen MR) is 119 cm³/mol. The standard InChI is InChI=1S/C23H26N4OS/c1-3-16-5-4-6-19-20(12-24-22(16)19)17-7-9-26(10-8-17)13-18-11-21(28)27-15(2)14-29-23(27)25-18/h4-6,11-12,14,17,24H,3,7-10,13H2,1-2H3. The van der Waals surface area contributed by atoms with Crippen LogP contribution in [0.4, 0.5) is 0 Å². The highest BCUT2D eigenvalue weighted by Crippen LogP contribution is 2.34. The maximum absolute atomic E-state index is 12.4. The van der Waals surface area contributed by atoms with Crippen molar-refractivity contribution in [2.75, 3.05) is 13.1 Å². The van der Waals surface area contributed by atoms with Crippen molar-refractivity contribution in [3.63, 3.8) is 0 Å². The molecule has 0 spiro atoms. The predicted octanol–water partition coefficient (Wildman–Crippen LogP) is 4.49. The van der Waals surface area contributed by atoms with Gasteiger partial charge in [0.05, 0.1) is 5.69 Å². The molecule has 0 radical (unpaired) electrons. The first-order chi connectivity index (χ1) is 14.1. The van der Waals surface area contributed by atoms with Crippen LogP contribution in [0.2, 0.25) is 0 Å². The zero-order chi connectivity index (χ0) is 20.0. The molecule has 1 saturated heterocycles. The number of nitrogens with zero attached hydrogens (tertiary/aromatic N) is 3. The van der Waals surface area contributed by atoms with E-state index < -0.39 is 0 Å². The molecule has 5 rings (SSSR count). The van der Waals surface area contributed by atoms with E-state index in [1.54, 1.807) is 10.5 Å². The SMILES string of the molecule is CCc1cccc2c(C3CCN(Cc4cc(=O)n5c(C)csc5n4)CC3)c[nH]c12. The van der Waals surface area contributed by atoms with Gasteiger partial charge in [-0.05, 0) is 56.3 Å². The maximum atomic E-state index is 12.4. The second-order valence-corrected chi connectivity index (χ2v) is 8.91. The van der Waals surface area contributed by atoms with E-state index in [4.69, 9.17) is 4.98 Å². The monoisotopic (exact) mass is 406 g/mol. The van der Waals surface area contributed by atoms with Gasteiger partial charge in [0.2, 0.25) is 0 Å². The van der Waals surface area contributed by atoms with Crippen molar-refractivity contribution in [2.45, 2.75) is 45.6 Å². The summed E-state index contributed by atoms with van der Waals surface area (Å²) < 4.78 is 1.70. The second kappa shape index (κ2) is 7.43. The van der Waals surface area contributed by atoms with Crippen LogP contribution in [0, 0.1) is 6.92 Å². The molecule has 1 aliphatic rings. The minimum absolute atomic E-state index is 0.0316. The van der Waals surface area contributed by atoms with E-state index in [1.807, 2.05) is 12.3 Å². The summed E-state index contributed by atoms with van der Waals surface area (Å²) in [5.74, 6) is 0.591. The van der Waals surface area contributed by atoms with Gasteiger partial charge in [-0.3, -0.25) is 14.1 Å². The highest BCUT2D eigenvalue weighted by molar-refractivity contribution is 7.15. The van der Waals surface area contributed by atoms with Crippen molar-refractivity contribution in [1.82, 2.24) is 19.3 Å². The largest absolute Gasteiger partial charge is 0.361 e. The fraction of sp³-hybridized carbons (Fsp3) is 0.391. The normalized spacial score (nSPS) is 16.2. The molecule has 5 nitrogen and oxygen atoms in total. The van der Waals surface area contributed by atoms with Crippen LogP contribution >= 0.6 is 11.3 Å². The summed E-state index contributed by atoms with van der Waals surface area (Å²) in [7, 11) is 0. The zero-order valence-corrected chi connectivity index (χ0v) is 17.8. The third-order valence-corrected chi connectivity index (χ3v) is 7.20. The average molecular weight is 407 g/mol. The number of piperidine rings is 1. The van der Waals surface area contributed by atoms with Crippen LogP contribution in [0.5, 0.6) is 0 Å². The number of aromatic nitrogens is 3. The first-order valence-electron chi connectivity index (χ1n) is 10.4. The lowest BCUT2D eigenvalue weighted by molar-refractivity contribution is 0.203. The molecule has 3 aromatic heterocycles. The van der Waals surface area contributed by atoms with Crippen LogP contribution in [0.15, 0.2) is 40.6 Å². The lowest BCUT2D eigenvalue weighted by Crippen LogP contribution is -2.33. The molecule has 0 saturated carbocycles. The highest BCUT2D eigenvalue weighted by Gasteiger charge is 2.23. The van der Waals surface area contributed by atoms with Gasteiger partial charge in [-0.2, -0.15) is 0 Å². The molecule has 4 aromatic rings. The minimum atomic E-state index is 0.0316. The summed E-state index contributed by atoms with van der Waals surface area (Å²) in [5, 5.41) is 3.38. The van der Waals surface area contributed by atoms with E-state index in [-0.39, 0.29) is 5.56 Å². The molecule has 0 unspecified atom stereocenters. The lowest BCUT2D eigenvalue weighted by atomic mass is 9.88. The molecule has 1 fully saturated rings. The van der Waals surface area contributed by atoms with Crippen LogP contribution in [-0.2, 0) is 13.0 Å². The number of para-hydroxylation sites is 1. The van der Waals surface area contributed by atoms with Crippen molar-refractivity contribution in [1.29, 1.82) is 0 Å². The summed E-state index contributed by atoms with van der Waals surface area (Å²) in [6, 6.07) is 8.35. The number of likely N-dealkylation sites (tertiary alicyclic amines) is 1. The summed E-state index contributed by atoms with van der Waals surface area (Å²) in [5.41, 5.74) is 6.03. The van der Waals surface area contributed by atoms with Crippen LogP contribution in [0.3, 0.4) is 0 Å². The van der Waals surface area contributed by atoms with E-state index >= 15 is 0 Å². The van der Waals surface area contributed by atoms with E-state index in [2.05, 4.69) is 41.2 Å². The molecule has 29 heavy (non-hydrogen) atoms. The van der Waals surface area contributed by atoms with Crippen molar-refractivity contribution < 1.29 is 0 Å². The molecular weight excluding hydrogens is 380 g/mol. The molecule has 4 heterocycles. The van der Waals surface area contributed by atoms with E-state index in [9.17, 15) is 4.79 Å². The number of hydrogen-bond acceptors (Lipinski definition) is 4. The maximum Gasteiger partial charge on any atom is 0.259 e. The topological polar surface area (TPSA) is 53.4 Å². The molecule has 0 atom stereocenters. The number of thiazole rings is 1. The van der Waals surface area contributed by atoms with Crippen molar-refractivity contribution in [3.8, 4) is 0 Å². The Kier molecular flexibility index (Phi) is 4.76. The molecule has 0 amide bonds. The number of benzene rings is 1. The van der Waals surface area contributed by atoms with Crippen LogP contribution in [-0.4, -0.2) is 32.4 Å². The molecule has 1 N–H and O–H groups in total. The highest BCUT2D eigenvalue weighted by atomic mass is 32.1. The fourth-order valence-electron chi connectivity index (χ4n) is 4.68. The molecule has 150 valence electrons. The van der Waals surface area contributed by atoms with Crippen molar-refractivity contribution in [3.05, 3.63) is 68.7 Å². The number of aromatic amines is 1. The van der Waals surface area contributed by atoms with E-state index in [0.717, 1.165) is 55.2 Å². The van der Waals surface area contributed by atoms with Gasteiger partial charge >= 0.3 is 0 Å². The van der Waals surface area contributed by atoms with Crippen LogP contribution in [0.25, 0.3) is 15.9 Å². The Balaban J connectivity index is 1.30. The van der Waals surface area contributed by atoms with Crippen LogP contribution < -0.4 is 5.56 Å². The Bertz CT molecular complexity index is 1230. The summed E-state index contributed by atoms with van der Waals surface area (Å²) in [6.45, 7) is 6.99. The Hall–Kier alpha value is -2.44. The quantitative estimate of drug-likeness (QED) is 0.543. The van der Waals surface area contributed by atoms with Gasteiger partial charge in [0.15, 0.2) is 4.96 Å². The average Bonchev–Trinajstić information content (AvgIpc) is 3.32. The summed E-state index contributed by atoms with van der Waals surface area (Å²) in [6.07, 6.45) is 5.56. The Labute approximate surface area is 174 Å². The fourth-order valence-corrected chi connectivity index (χ4v) is 5.57. The Morgan fingerprint density at radius 3 is 2.90 bits per heavy atom. The molecule has 1 aromatic carbocycles. The lowest BCUT2D eigenvalue weighted by Gasteiger charge is -2.31. The van der Waals surface area contributed by atoms with Gasteiger partial charge in [0, 0.05) is 40.8 Å². The third kappa shape index (κ3) is 3.30. The number of hydrogen-bond donors (Lipinski definition) is 1. The van der Waals surface area contributed by atoms with Gasteiger partial charge in [0.1, 0.15) is 0 Å². The number of nitrogens with one attached hydrogen (secondary N) is 1. The summed E-state index contributed by atoms with van der Waals surface area (Å²) in [4.78, 5) is 23.9. The molecular formula is C23H26N4OS. The van der Waals surface area contributed by atoms with Gasteiger partial charge in [-0.1, -0.05) is 25.1 Å². The van der Waals surface area contributed by atoms with Gasteiger partial charge < -0.3 is 4.98 Å². The Morgan fingerprint density at radius 2 is 2.10 bits per heavy atom. The van der Waals surface area contributed by atoms with Gasteiger partial charge in [0.25, 0.3) is 5.56 Å². The van der Waals surface area contributed by atoms with E-state index in [0.29, 0.717) is 5.92 Å². The first kappa shape index (κ1) is 18.6. The first-order valence-corrected chi connectivity index (χ1v) is 11.3. The second-order valence-electron chi connectivity index (χ2n) is 8.07. The zero-order valence-electron chi connectivity index (χ0n) is 16.9. The Morgan fingerprint density at radius 1 is 1.28 bits per heavy atom. The smallest absolute Gasteiger partial charge is 0.259 e. The van der Waals surface area contributed by atoms with Gasteiger partial charge in [-0.25, -0.2) is 4.98 Å². The molecule has 0 aliphatic carbocycles. The summed E-state index contributed by atoms with van der Waals surface area (Å²) >= 11 is 1.54. The molecule has 6 heteroatoms.